The number of hydrogen-bond donors (Lipinski definition) is 1. The Bertz CT molecular complexity index is 829. The summed E-state index contributed by atoms with van der Waals surface area (Å²) < 4.78 is 33.6. The monoisotopic (exact) mass is 471 g/mol. The van der Waals surface area contributed by atoms with Crippen molar-refractivity contribution in [1.29, 1.82) is 0 Å². The average Bonchev–Trinajstić information content (AvgIpc) is 3.16. The van der Waals surface area contributed by atoms with Crippen molar-refractivity contribution in [3.05, 3.63) is 36.1 Å². The topological polar surface area (TPSA) is 35.6 Å². The van der Waals surface area contributed by atoms with E-state index in [9.17, 15) is 8.60 Å². The van der Waals surface area contributed by atoms with Gasteiger partial charge in [-0.25, -0.2) is 12.9 Å². The van der Waals surface area contributed by atoms with Crippen molar-refractivity contribution in [2.75, 3.05) is 36.8 Å². The number of halogens is 1. The largest absolute Gasteiger partial charge is 0.367 e. The molecular formula is C22H34FN3OS3. The van der Waals surface area contributed by atoms with E-state index in [0.29, 0.717) is 11.1 Å². The molecule has 3 rings (SSSR count). The molecule has 30 heavy (non-hydrogen) atoms. The van der Waals surface area contributed by atoms with Crippen LogP contribution in [0.5, 0.6) is 0 Å². The first-order valence-electron chi connectivity index (χ1n) is 10.3. The van der Waals surface area contributed by atoms with Gasteiger partial charge in [0.1, 0.15) is 21.0 Å². The minimum Gasteiger partial charge on any atom is -0.367 e. The standard InChI is InChI=1S/C19H26FN3OS3.C3H8/c1-19(2)10-12-23(13-11-19)18-14(20)6-5-7-15(18)21-26-16-8-9-17(25-16)27(24)22(3)4;1-3-2/h5-9,21H,10-13H2,1-4H3;3H2,1-2H3. The van der Waals surface area contributed by atoms with Crippen LogP contribution in [0.15, 0.2) is 38.8 Å². The molecule has 1 aliphatic heterocycles. The van der Waals surface area contributed by atoms with Crippen LogP contribution in [-0.4, -0.2) is 35.7 Å². The normalized spacial score (nSPS) is 16.7. The van der Waals surface area contributed by atoms with Crippen LogP contribution in [0.1, 0.15) is 47.0 Å². The SMILES string of the molecule is CCC.CN(C)S(=O)c1ccc(SNc2cccc(F)c2N2CCC(C)(C)CC2)s1. The molecule has 1 N–H and O–H groups in total. The number of nitrogens with one attached hydrogen (secondary N) is 1. The van der Waals surface area contributed by atoms with E-state index >= 15 is 0 Å². The summed E-state index contributed by atoms with van der Waals surface area (Å²) in [5.41, 5.74) is 1.75. The van der Waals surface area contributed by atoms with E-state index < -0.39 is 11.0 Å². The molecule has 2 aromatic rings. The lowest BCUT2D eigenvalue weighted by Gasteiger charge is -2.39. The summed E-state index contributed by atoms with van der Waals surface area (Å²) in [7, 11) is 2.44. The van der Waals surface area contributed by atoms with Crippen LogP contribution in [-0.2, 0) is 11.0 Å². The number of anilines is 2. The third-order valence-electron chi connectivity index (χ3n) is 4.74. The van der Waals surface area contributed by atoms with Gasteiger partial charge in [-0.2, -0.15) is 0 Å². The number of piperidine rings is 1. The van der Waals surface area contributed by atoms with Gasteiger partial charge in [0.15, 0.2) is 0 Å². The molecular weight excluding hydrogens is 437 g/mol. The lowest BCUT2D eigenvalue weighted by Crippen LogP contribution is -2.38. The van der Waals surface area contributed by atoms with Crippen LogP contribution >= 0.6 is 23.3 Å². The van der Waals surface area contributed by atoms with Crippen LogP contribution in [0, 0.1) is 11.2 Å². The summed E-state index contributed by atoms with van der Waals surface area (Å²) in [4.78, 5) is 2.14. The first-order chi connectivity index (χ1) is 14.2. The second-order valence-electron chi connectivity index (χ2n) is 8.33. The van der Waals surface area contributed by atoms with Gasteiger partial charge in [-0.3, -0.25) is 0 Å². The molecule has 0 saturated carbocycles. The summed E-state index contributed by atoms with van der Waals surface area (Å²) in [5.74, 6) is -0.194. The number of para-hydroxylation sites is 1. The molecule has 0 aliphatic carbocycles. The quantitative estimate of drug-likeness (QED) is 0.479. The van der Waals surface area contributed by atoms with Gasteiger partial charge in [0, 0.05) is 13.1 Å². The van der Waals surface area contributed by atoms with Gasteiger partial charge in [0.25, 0.3) is 0 Å². The zero-order chi connectivity index (χ0) is 22.3. The lowest BCUT2D eigenvalue weighted by molar-refractivity contribution is 0.279. The second kappa shape index (κ2) is 11.5. The summed E-state index contributed by atoms with van der Waals surface area (Å²) in [6.45, 7) is 10.5. The molecule has 1 fully saturated rings. The number of thiophene rings is 1. The van der Waals surface area contributed by atoms with Gasteiger partial charge in [-0.1, -0.05) is 40.2 Å². The van der Waals surface area contributed by atoms with Crippen LogP contribution in [0.4, 0.5) is 15.8 Å². The van der Waals surface area contributed by atoms with E-state index in [1.807, 2.05) is 18.2 Å². The molecule has 168 valence electrons. The van der Waals surface area contributed by atoms with Crippen molar-refractivity contribution in [3.8, 4) is 0 Å². The fourth-order valence-corrected chi connectivity index (χ4v) is 6.24. The third kappa shape index (κ3) is 6.97. The average molecular weight is 472 g/mol. The smallest absolute Gasteiger partial charge is 0.148 e. The first-order valence-corrected chi connectivity index (χ1v) is 13.1. The Hall–Kier alpha value is -1.09. The maximum atomic E-state index is 14.6. The molecule has 1 aromatic carbocycles. The molecule has 2 heterocycles. The Balaban J connectivity index is 0.00000101. The van der Waals surface area contributed by atoms with Crippen molar-refractivity contribution in [2.45, 2.75) is 55.4 Å². The minimum absolute atomic E-state index is 0.194. The highest BCUT2D eigenvalue weighted by molar-refractivity contribution is 8.02. The Kier molecular flexibility index (Phi) is 9.66. The van der Waals surface area contributed by atoms with Crippen molar-refractivity contribution in [3.63, 3.8) is 0 Å². The van der Waals surface area contributed by atoms with Crippen LogP contribution in [0.2, 0.25) is 0 Å². The molecule has 1 atom stereocenters. The molecule has 1 saturated heterocycles. The van der Waals surface area contributed by atoms with E-state index in [2.05, 4.69) is 37.3 Å². The van der Waals surface area contributed by atoms with Gasteiger partial charge in [0.05, 0.1) is 15.6 Å². The number of rotatable bonds is 6. The van der Waals surface area contributed by atoms with Gasteiger partial charge in [-0.05, 0) is 68.6 Å². The van der Waals surface area contributed by atoms with Gasteiger partial charge in [0.2, 0.25) is 0 Å². The number of nitrogens with zero attached hydrogens (tertiary/aromatic N) is 2. The molecule has 0 spiro atoms. The molecule has 8 heteroatoms. The van der Waals surface area contributed by atoms with Gasteiger partial charge >= 0.3 is 0 Å². The van der Waals surface area contributed by atoms with E-state index in [0.717, 1.165) is 40.0 Å². The second-order valence-corrected chi connectivity index (χ2v) is 12.5. The summed E-state index contributed by atoms with van der Waals surface area (Å²) >= 11 is 2.92. The zero-order valence-electron chi connectivity index (χ0n) is 18.8. The van der Waals surface area contributed by atoms with Gasteiger partial charge in [-0.15, -0.1) is 11.3 Å². The minimum atomic E-state index is -1.14. The number of hydrogen-bond acceptors (Lipinski definition) is 5. The highest BCUT2D eigenvalue weighted by Crippen LogP contribution is 2.39. The molecule has 1 aromatic heterocycles. The maximum absolute atomic E-state index is 14.6. The highest BCUT2D eigenvalue weighted by Gasteiger charge is 2.28. The fraction of sp³-hybridized carbons (Fsp3) is 0.545. The van der Waals surface area contributed by atoms with E-state index in [-0.39, 0.29) is 5.82 Å². The fourth-order valence-electron chi connectivity index (χ4n) is 2.99. The molecule has 1 aliphatic rings. The Morgan fingerprint density at radius 1 is 1.20 bits per heavy atom. The Labute approximate surface area is 192 Å². The summed E-state index contributed by atoms with van der Waals surface area (Å²) in [5, 5.41) is 0. The molecule has 0 bridgehead atoms. The molecule has 4 nitrogen and oxygen atoms in total. The van der Waals surface area contributed by atoms with E-state index in [4.69, 9.17) is 0 Å². The van der Waals surface area contributed by atoms with Crippen molar-refractivity contribution in [1.82, 2.24) is 4.31 Å². The van der Waals surface area contributed by atoms with Crippen molar-refractivity contribution >= 4 is 45.6 Å². The van der Waals surface area contributed by atoms with Crippen LogP contribution in [0.25, 0.3) is 0 Å². The Morgan fingerprint density at radius 2 is 1.83 bits per heavy atom. The lowest BCUT2D eigenvalue weighted by atomic mass is 9.82. The predicted octanol–water partition coefficient (Wildman–Crippen LogP) is 6.63. The van der Waals surface area contributed by atoms with Crippen molar-refractivity contribution < 1.29 is 8.60 Å². The molecule has 0 amide bonds. The molecule has 1 unspecified atom stereocenters. The number of benzene rings is 1. The highest BCUT2D eigenvalue weighted by atomic mass is 32.2. The van der Waals surface area contributed by atoms with Crippen LogP contribution < -0.4 is 9.62 Å². The predicted molar refractivity (Wildman–Crippen MR) is 131 cm³/mol. The van der Waals surface area contributed by atoms with Crippen LogP contribution in [0.3, 0.4) is 0 Å². The molecule has 0 radical (unpaired) electrons. The van der Waals surface area contributed by atoms with E-state index in [1.165, 1.54) is 35.8 Å². The van der Waals surface area contributed by atoms with Crippen molar-refractivity contribution in [2.24, 2.45) is 5.41 Å². The Morgan fingerprint density at radius 3 is 2.43 bits per heavy atom. The third-order valence-corrected chi connectivity index (χ3v) is 8.40. The van der Waals surface area contributed by atoms with Gasteiger partial charge < -0.3 is 9.62 Å². The summed E-state index contributed by atoms with van der Waals surface area (Å²) in [6.07, 6.45) is 3.36. The van der Waals surface area contributed by atoms with E-state index in [1.54, 1.807) is 24.5 Å². The zero-order valence-corrected chi connectivity index (χ0v) is 21.3. The first kappa shape index (κ1) is 25.2. The maximum Gasteiger partial charge on any atom is 0.148 e. The summed E-state index contributed by atoms with van der Waals surface area (Å²) in [6, 6.07) is 8.99.